The van der Waals surface area contributed by atoms with Crippen molar-refractivity contribution in [3.05, 3.63) is 71.9 Å². The molecule has 1 atom stereocenters. The molecule has 2 aromatic carbocycles. The number of fused-ring (bicyclic) bond motifs is 1. The van der Waals surface area contributed by atoms with Crippen molar-refractivity contribution in [2.75, 3.05) is 6.54 Å². The lowest BCUT2D eigenvalue weighted by Gasteiger charge is -2.32. The molecule has 1 aliphatic rings. The summed E-state index contributed by atoms with van der Waals surface area (Å²) >= 11 is 0. The van der Waals surface area contributed by atoms with Gasteiger partial charge in [-0.15, -0.1) is 0 Å². The van der Waals surface area contributed by atoms with Crippen LogP contribution in [0.5, 0.6) is 0 Å². The van der Waals surface area contributed by atoms with Gasteiger partial charge in [-0.3, -0.25) is 4.79 Å². The number of aromatic nitrogens is 1. The summed E-state index contributed by atoms with van der Waals surface area (Å²) in [6.07, 6.45) is 4.08. The maximum Gasteiger partial charge on any atom is 0.326 e. The van der Waals surface area contributed by atoms with E-state index in [9.17, 15) is 14.7 Å². The average molecular weight is 362 g/mol. The summed E-state index contributed by atoms with van der Waals surface area (Å²) in [6.45, 7) is 1.16. The highest BCUT2D eigenvalue weighted by Crippen LogP contribution is 2.27. The number of aliphatic carboxylic acids is 1. The van der Waals surface area contributed by atoms with E-state index in [1.54, 1.807) is 0 Å². The van der Waals surface area contributed by atoms with Crippen molar-refractivity contribution in [3.8, 4) is 0 Å². The molecular formula is C22H22N2O3. The third-order valence-electron chi connectivity index (χ3n) is 5.26. The highest BCUT2D eigenvalue weighted by atomic mass is 16.4. The van der Waals surface area contributed by atoms with Gasteiger partial charge in [-0.2, -0.15) is 0 Å². The Kier molecular flexibility index (Phi) is 4.67. The summed E-state index contributed by atoms with van der Waals surface area (Å²) in [4.78, 5) is 26.4. The molecule has 5 heteroatoms. The zero-order chi connectivity index (χ0) is 18.8. The van der Waals surface area contributed by atoms with E-state index < -0.39 is 12.0 Å². The van der Waals surface area contributed by atoms with E-state index in [1.807, 2.05) is 48.7 Å². The Hall–Kier alpha value is -3.08. The van der Waals surface area contributed by atoms with Crippen LogP contribution in [0.15, 0.2) is 60.8 Å². The smallest absolute Gasteiger partial charge is 0.326 e. The largest absolute Gasteiger partial charge is 0.480 e. The highest BCUT2D eigenvalue weighted by Gasteiger charge is 2.33. The van der Waals surface area contributed by atoms with Gasteiger partial charge in [0.2, 0.25) is 0 Å². The standard InChI is InChI=1S/C22H22N2O3/c25-21(24-13-7-6-12-20(24)22(26)27)18-15-23(14-16-8-2-1-3-9-16)19-11-5-4-10-17(18)19/h1-5,8-11,15,20H,6-7,12-14H2,(H,26,27). The van der Waals surface area contributed by atoms with Crippen LogP contribution in [0.4, 0.5) is 0 Å². The summed E-state index contributed by atoms with van der Waals surface area (Å²) in [5.41, 5.74) is 2.71. The highest BCUT2D eigenvalue weighted by molar-refractivity contribution is 6.08. The number of piperidine rings is 1. The SMILES string of the molecule is O=C(O)C1CCCCN1C(=O)c1cn(Cc2ccccc2)c2ccccc12. The fourth-order valence-corrected chi connectivity index (χ4v) is 3.91. The molecule has 2 heterocycles. The fraction of sp³-hybridized carbons (Fsp3) is 0.273. The van der Waals surface area contributed by atoms with Gasteiger partial charge in [-0.25, -0.2) is 4.79 Å². The van der Waals surface area contributed by atoms with Crippen molar-refractivity contribution >= 4 is 22.8 Å². The van der Waals surface area contributed by atoms with Gasteiger partial charge in [0, 0.05) is 30.2 Å². The molecule has 1 amide bonds. The predicted molar refractivity (Wildman–Crippen MR) is 104 cm³/mol. The molecule has 5 nitrogen and oxygen atoms in total. The maximum absolute atomic E-state index is 13.2. The lowest BCUT2D eigenvalue weighted by Crippen LogP contribution is -2.47. The van der Waals surface area contributed by atoms with Gasteiger partial charge in [0.25, 0.3) is 5.91 Å². The predicted octanol–water partition coefficient (Wildman–Crippen LogP) is 3.77. The monoisotopic (exact) mass is 362 g/mol. The molecule has 3 aromatic rings. The number of hydrogen-bond acceptors (Lipinski definition) is 2. The molecule has 0 radical (unpaired) electrons. The van der Waals surface area contributed by atoms with Gasteiger partial charge in [0.1, 0.15) is 6.04 Å². The number of para-hydroxylation sites is 1. The first-order valence-electron chi connectivity index (χ1n) is 9.31. The Balaban J connectivity index is 1.73. The first kappa shape index (κ1) is 17.3. The number of carbonyl (C=O) groups is 2. The number of carboxylic acid groups (broad SMARTS) is 1. The minimum atomic E-state index is -0.920. The van der Waals surface area contributed by atoms with Crippen molar-refractivity contribution < 1.29 is 14.7 Å². The molecular weight excluding hydrogens is 340 g/mol. The van der Waals surface area contributed by atoms with E-state index in [0.29, 0.717) is 25.1 Å². The second-order valence-electron chi connectivity index (χ2n) is 7.02. The van der Waals surface area contributed by atoms with Crippen molar-refractivity contribution in [2.45, 2.75) is 31.8 Å². The van der Waals surface area contributed by atoms with Crippen LogP contribution in [0, 0.1) is 0 Å². The number of carboxylic acids is 1. The zero-order valence-corrected chi connectivity index (χ0v) is 15.0. The van der Waals surface area contributed by atoms with Gasteiger partial charge in [0.05, 0.1) is 5.56 Å². The van der Waals surface area contributed by atoms with Crippen LogP contribution in [0.1, 0.15) is 35.2 Å². The molecule has 0 aliphatic carbocycles. The normalized spacial score (nSPS) is 17.2. The summed E-state index contributed by atoms with van der Waals surface area (Å²) < 4.78 is 2.07. The van der Waals surface area contributed by atoms with Crippen LogP contribution in [0.2, 0.25) is 0 Å². The number of amides is 1. The number of likely N-dealkylation sites (tertiary alicyclic amines) is 1. The minimum Gasteiger partial charge on any atom is -0.480 e. The molecule has 0 spiro atoms. The van der Waals surface area contributed by atoms with Gasteiger partial charge in [-0.1, -0.05) is 48.5 Å². The van der Waals surface area contributed by atoms with E-state index >= 15 is 0 Å². The van der Waals surface area contributed by atoms with Crippen molar-refractivity contribution in [3.63, 3.8) is 0 Å². The van der Waals surface area contributed by atoms with E-state index in [-0.39, 0.29) is 5.91 Å². The van der Waals surface area contributed by atoms with Crippen LogP contribution >= 0.6 is 0 Å². The molecule has 138 valence electrons. The third kappa shape index (κ3) is 3.33. The molecule has 1 unspecified atom stereocenters. The Labute approximate surface area is 157 Å². The van der Waals surface area contributed by atoms with Crippen molar-refractivity contribution in [1.29, 1.82) is 0 Å². The molecule has 27 heavy (non-hydrogen) atoms. The first-order chi connectivity index (χ1) is 13.1. The molecule has 1 aromatic heterocycles. The number of benzene rings is 2. The Morgan fingerprint density at radius 2 is 1.74 bits per heavy atom. The summed E-state index contributed by atoms with van der Waals surface area (Å²) in [5.74, 6) is -1.11. The zero-order valence-electron chi connectivity index (χ0n) is 15.0. The quantitative estimate of drug-likeness (QED) is 0.768. The summed E-state index contributed by atoms with van der Waals surface area (Å²) in [5, 5.41) is 10.4. The van der Waals surface area contributed by atoms with E-state index in [4.69, 9.17) is 0 Å². The van der Waals surface area contributed by atoms with Crippen LogP contribution in [0.3, 0.4) is 0 Å². The number of rotatable bonds is 4. The van der Waals surface area contributed by atoms with Crippen LogP contribution in [0.25, 0.3) is 10.9 Å². The van der Waals surface area contributed by atoms with Gasteiger partial charge in [-0.05, 0) is 30.9 Å². The van der Waals surface area contributed by atoms with Crippen molar-refractivity contribution in [2.24, 2.45) is 0 Å². The van der Waals surface area contributed by atoms with Crippen LogP contribution in [-0.4, -0.2) is 39.0 Å². The molecule has 4 rings (SSSR count). The molecule has 1 N–H and O–H groups in total. The third-order valence-corrected chi connectivity index (χ3v) is 5.26. The van der Waals surface area contributed by atoms with Crippen molar-refractivity contribution in [1.82, 2.24) is 9.47 Å². The second-order valence-corrected chi connectivity index (χ2v) is 7.02. The second kappa shape index (κ2) is 7.27. The summed E-state index contributed by atoms with van der Waals surface area (Å²) in [7, 11) is 0. The Morgan fingerprint density at radius 3 is 2.52 bits per heavy atom. The van der Waals surface area contributed by atoms with Gasteiger partial charge < -0.3 is 14.6 Å². The van der Waals surface area contributed by atoms with Gasteiger partial charge >= 0.3 is 5.97 Å². The van der Waals surface area contributed by atoms with E-state index in [0.717, 1.165) is 29.3 Å². The number of carbonyl (C=O) groups excluding carboxylic acids is 1. The Morgan fingerprint density at radius 1 is 1.00 bits per heavy atom. The molecule has 1 aliphatic heterocycles. The van der Waals surface area contributed by atoms with Crippen LogP contribution < -0.4 is 0 Å². The summed E-state index contributed by atoms with van der Waals surface area (Å²) in [6, 6.07) is 17.2. The first-order valence-corrected chi connectivity index (χ1v) is 9.31. The fourth-order valence-electron chi connectivity index (χ4n) is 3.91. The topological polar surface area (TPSA) is 62.5 Å². The van der Waals surface area contributed by atoms with Crippen LogP contribution in [-0.2, 0) is 11.3 Å². The van der Waals surface area contributed by atoms with Gasteiger partial charge in [0.15, 0.2) is 0 Å². The lowest BCUT2D eigenvalue weighted by molar-refractivity contribution is -0.143. The molecule has 1 fully saturated rings. The van der Waals surface area contributed by atoms with E-state index in [2.05, 4.69) is 16.7 Å². The molecule has 0 bridgehead atoms. The van der Waals surface area contributed by atoms with E-state index in [1.165, 1.54) is 4.90 Å². The molecule has 1 saturated heterocycles. The number of nitrogens with zero attached hydrogens (tertiary/aromatic N) is 2. The lowest BCUT2D eigenvalue weighted by atomic mass is 10.0. The number of hydrogen-bond donors (Lipinski definition) is 1. The maximum atomic E-state index is 13.2. The Bertz CT molecular complexity index is 978. The minimum absolute atomic E-state index is 0.190. The molecule has 0 saturated carbocycles. The average Bonchev–Trinajstić information content (AvgIpc) is 3.07.